The number of fused-ring (bicyclic) bond motifs is 3. The van der Waals surface area contributed by atoms with Gasteiger partial charge in [0.1, 0.15) is 11.2 Å². The van der Waals surface area contributed by atoms with E-state index in [0.29, 0.717) is 0 Å². The van der Waals surface area contributed by atoms with Gasteiger partial charge in [-0.1, -0.05) is 69.0 Å². The van der Waals surface area contributed by atoms with Crippen molar-refractivity contribution in [2.45, 2.75) is 20.8 Å². The van der Waals surface area contributed by atoms with Gasteiger partial charge in [0.05, 0.1) is 0 Å². The summed E-state index contributed by atoms with van der Waals surface area (Å²) in [5, 5.41) is 2.32. The van der Waals surface area contributed by atoms with Gasteiger partial charge in [-0.05, 0) is 18.6 Å². The SMILES string of the molecule is C=C/C(=C\C)c1cccc2c1oc1ccccc12.CC. The predicted molar refractivity (Wildman–Crippen MR) is 88.9 cm³/mol. The zero-order valence-electron chi connectivity index (χ0n) is 12.3. The topological polar surface area (TPSA) is 13.1 Å². The van der Waals surface area contributed by atoms with E-state index in [1.165, 1.54) is 0 Å². The van der Waals surface area contributed by atoms with E-state index in [9.17, 15) is 0 Å². The first-order valence-electron chi connectivity index (χ1n) is 7.04. The quantitative estimate of drug-likeness (QED) is 0.502. The van der Waals surface area contributed by atoms with E-state index in [1.807, 2.05) is 45.0 Å². The molecule has 0 saturated carbocycles. The molecule has 1 nitrogen and oxygen atoms in total. The van der Waals surface area contributed by atoms with Gasteiger partial charge in [0, 0.05) is 16.3 Å². The summed E-state index contributed by atoms with van der Waals surface area (Å²) in [4.78, 5) is 0. The molecule has 20 heavy (non-hydrogen) atoms. The van der Waals surface area contributed by atoms with E-state index in [2.05, 4.69) is 36.9 Å². The van der Waals surface area contributed by atoms with E-state index in [1.54, 1.807) is 0 Å². The Labute approximate surface area is 120 Å². The fraction of sp³-hybridized carbons (Fsp3) is 0.158. The number of benzene rings is 2. The zero-order valence-corrected chi connectivity index (χ0v) is 12.3. The molecule has 1 heteroatoms. The van der Waals surface area contributed by atoms with E-state index >= 15 is 0 Å². The molecule has 1 aromatic heterocycles. The summed E-state index contributed by atoms with van der Waals surface area (Å²) in [5.74, 6) is 0. The number of allylic oxidation sites excluding steroid dienone is 3. The first kappa shape index (κ1) is 14.1. The summed E-state index contributed by atoms with van der Waals surface area (Å²) in [6, 6.07) is 14.4. The average Bonchev–Trinajstić information content (AvgIpc) is 2.90. The van der Waals surface area contributed by atoms with Crippen LogP contribution in [0.3, 0.4) is 0 Å². The van der Waals surface area contributed by atoms with Crippen molar-refractivity contribution in [3.05, 3.63) is 66.8 Å². The highest BCUT2D eigenvalue weighted by Crippen LogP contribution is 2.33. The second-order valence-electron chi connectivity index (χ2n) is 4.23. The molecule has 0 atom stereocenters. The Kier molecular flexibility index (Phi) is 4.41. The molecule has 3 aromatic rings. The summed E-state index contributed by atoms with van der Waals surface area (Å²) in [6.07, 6.45) is 3.91. The molecule has 0 aliphatic carbocycles. The van der Waals surface area contributed by atoms with Crippen LogP contribution in [0.5, 0.6) is 0 Å². The van der Waals surface area contributed by atoms with Gasteiger partial charge in [-0.25, -0.2) is 0 Å². The van der Waals surface area contributed by atoms with Crippen molar-refractivity contribution < 1.29 is 4.42 Å². The highest BCUT2D eigenvalue weighted by molar-refractivity contribution is 6.08. The molecule has 0 unspecified atom stereocenters. The summed E-state index contributed by atoms with van der Waals surface area (Å²) >= 11 is 0. The van der Waals surface area contributed by atoms with Crippen molar-refractivity contribution in [2.75, 3.05) is 0 Å². The minimum absolute atomic E-state index is 0.930. The maximum absolute atomic E-state index is 5.98. The Bertz CT molecular complexity index is 760. The van der Waals surface area contributed by atoms with Crippen molar-refractivity contribution in [3.8, 4) is 0 Å². The van der Waals surface area contributed by atoms with Crippen LogP contribution >= 0.6 is 0 Å². The normalized spacial score (nSPS) is 11.2. The van der Waals surface area contributed by atoms with Crippen LogP contribution in [0.15, 0.2) is 65.6 Å². The molecule has 0 saturated heterocycles. The first-order chi connectivity index (χ1) is 9.85. The molecule has 0 amide bonds. The molecule has 3 rings (SSSR count). The molecule has 0 N–H and O–H groups in total. The molecule has 1 heterocycles. The third kappa shape index (κ3) is 2.27. The Morgan fingerprint density at radius 2 is 1.70 bits per heavy atom. The second kappa shape index (κ2) is 6.25. The van der Waals surface area contributed by atoms with Gasteiger partial charge < -0.3 is 4.42 Å². The van der Waals surface area contributed by atoms with Gasteiger partial charge >= 0.3 is 0 Å². The fourth-order valence-corrected chi connectivity index (χ4v) is 2.36. The lowest BCUT2D eigenvalue weighted by molar-refractivity contribution is 0.668. The zero-order chi connectivity index (χ0) is 14.5. The lowest BCUT2D eigenvalue weighted by Crippen LogP contribution is -1.80. The molecule has 0 spiro atoms. The van der Waals surface area contributed by atoms with Gasteiger partial charge in [-0.2, -0.15) is 0 Å². The van der Waals surface area contributed by atoms with Gasteiger partial charge in [0.15, 0.2) is 0 Å². The Balaban J connectivity index is 0.000000704. The summed E-state index contributed by atoms with van der Waals surface area (Å²) in [5.41, 5.74) is 4.06. The van der Waals surface area contributed by atoms with Gasteiger partial charge in [0.25, 0.3) is 0 Å². The Morgan fingerprint density at radius 3 is 2.40 bits per heavy atom. The van der Waals surface area contributed by atoms with E-state index < -0.39 is 0 Å². The third-order valence-electron chi connectivity index (χ3n) is 3.25. The maximum atomic E-state index is 5.98. The molecule has 0 aliphatic heterocycles. The van der Waals surface area contributed by atoms with Crippen molar-refractivity contribution >= 4 is 27.5 Å². The van der Waals surface area contributed by atoms with Crippen molar-refractivity contribution in [3.63, 3.8) is 0 Å². The smallest absolute Gasteiger partial charge is 0.143 e. The lowest BCUT2D eigenvalue weighted by atomic mass is 10.0. The summed E-state index contributed by atoms with van der Waals surface area (Å²) in [6.45, 7) is 9.87. The number of rotatable bonds is 2. The van der Waals surface area contributed by atoms with E-state index in [-0.39, 0.29) is 0 Å². The van der Waals surface area contributed by atoms with Crippen LogP contribution in [0.1, 0.15) is 26.3 Å². The molecular weight excluding hydrogens is 244 g/mol. The summed E-state index contributed by atoms with van der Waals surface area (Å²) < 4.78 is 5.98. The second-order valence-corrected chi connectivity index (χ2v) is 4.23. The monoisotopic (exact) mass is 264 g/mol. The Morgan fingerprint density at radius 1 is 1.00 bits per heavy atom. The molecule has 0 bridgehead atoms. The standard InChI is InChI=1S/C17H14O.C2H6/c1-3-12(4-2)13-9-7-10-15-14-8-5-6-11-16(14)18-17(13)15;1-2/h3-11H,1H2,2H3;1-2H3/b12-4+;. The average molecular weight is 264 g/mol. The summed E-state index contributed by atoms with van der Waals surface area (Å²) in [7, 11) is 0. The van der Waals surface area contributed by atoms with Crippen LogP contribution < -0.4 is 0 Å². The minimum Gasteiger partial charge on any atom is -0.455 e. The van der Waals surface area contributed by atoms with Crippen LogP contribution in [0.4, 0.5) is 0 Å². The van der Waals surface area contributed by atoms with Gasteiger partial charge in [-0.15, -0.1) is 0 Å². The van der Waals surface area contributed by atoms with Crippen molar-refractivity contribution in [1.29, 1.82) is 0 Å². The fourth-order valence-electron chi connectivity index (χ4n) is 2.36. The van der Waals surface area contributed by atoms with Crippen LogP contribution in [-0.4, -0.2) is 0 Å². The molecular formula is C19H20O. The largest absolute Gasteiger partial charge is 0.455 e. The highest BCUT2D eigenvalue weighted by Gasteiger charge is 2.10. The molecule has 0 radical (unpaired) electrons. The van der Waals surface area contributed by atoms with Crippen molar-refractivity contribution in [1.82, 2.24) is 0 Å². The molecule has 0 aliphatic rings. The van der Waals surface area contributed by atoms with Gasteiger partial charge in [0.2, 0.25) is 0 Å². The van der Waals surface area contributed by atoms with Crippen molar-refractivity contribution in [2.24, 2.45) is 0 Å². The van der Waals surface area contributed by atoms with Crippen LogP contribution in [0, 0.1) is 0 Å². The van der Waals surface area contributed by atoms with Gasteiger partial charge in [-0.3, -0.25) is 0 Å². The van der Waals surface area contributed by atoms with Crippen LogP contribution in [-0.2, 0) is 0 Å². The highest BCUT2D eigenvalue weighted by atomic mass is 16.3. The molecule has 0 fully saturated rings. The number of furan rings is 1. The number of hydrogen-bond acceptors (Lipinski definition) is 1. The van der Waals surface area contributed by atoms with E-state index in [0.717, 1.165) is 33.1 Å². The minimum atomic E-state index is 0.930. The molecule has 102 valence electrons. The Hall–Kier alpha value is -2.28. The lowest BCUT2D eigenvalue weighted by Gasteiger charge is -2.02. The predicted octanol–water partition coefficient (Wildman–Crippen LogP) is 6.20. The number of para-hydroxylation sites is 2. The maximum Gasteiger partial charge on any atom is 0.143 e. The molecule has 2 aromatic carbocycles. The van der Waals surface area contributed by atoms with Crippen LogP contribution in [0.2, 0.25) is 0 Å². The third-order valence-corrected chi connectivity index (χ3v) is 3.25. The first-order valence-corrected chi connectivity index (χ1v) is 7.04. The van der Waals surface area contributed by atoms with Crippen LogP contribution in [0.25, 0.3) is 27.5 Å². The number of hydrogen-bond donors (Lipinski definition) is 0. The van der Waals surface area contributed by atoms with E-state index in [4.69, 9.17) is 4.42 Å².